The fourth-order valence-electron chi connectivity index (χ4n) is 2.46. The van der Waals surface area contributed by atoms with Crippen LogP contribution in [0.25, 0.3) is 15.9 Å². The number of thiazole rings is 1. The van der Waals surface area contributed by atoms with E-state index in [1.54, 1.807) is 30.5 Å². The number of para-hydroxylation sites is 1. The van der Waals surface area contributed by atoms with E-state index in [1.807, 2.05) is 25.1 Å². The molecule has 1 amide bonds. The molecule has 2 heterocycles. The maximum Gasteiger partial charge on any atom is 0.277 e. The summed E-state index contributed by atoms with van der Waals surface area (Å²) in [5.74, 6) is -0.787. The van der Waals surface area contributed by atoms with Gasteiger partial charge in [-0.05, 0) is 42.8 Å². The van der Waals surface area contributed by atoms with Crippen LogP contribution in [0.5, 0.6) is 0 Å². The Kier molecular flexibility index (Phi) is 3.77. The highest BCUT2D eigenvalue weighted by atomic mass is 32.1. The Morgan fingerprint density at radius 2 is 2.04 bits per heavy atom. The lowest BCUT2D eigenvalue weighted by Gasteiger charge is -2.02. The molecule has 0 radical (unpaired) electrons. The van der Waals surface area contributed by atoms with E-state index in [1.165, 1.54) is 22.1 Å². The first-order valence-electron chi connectivity index (χ1n) is 7.59. The van der Waals surface area contributed by atoms with Gasteiger partial charge in [0, 0.05) is 6.20 Å². The van der Waals surface area contributed by atoms with Gasteiger partial charge in [0.25, 0.3) is 5.91 Å². The van der Waals surface area contributed by atoms with Gasteiger partial charge in [-0.25, -0.2) is 14.1 Å². The van der Waals surface area contributed by atoms with Gasteiger partial charge in [0.05, 0.1) is 10.2 Å². The third-order valence-corrected chi connectivity index (χ3v) is 4.62. The molecule has 1 N–H and O–H groups in total. The first-order valence-corrected chi connectivity index (χ1v) is 8.41. The normalized spacial score (nSPS) is 11.0. The van der Waals surface area contributed by atoms with Crippen LogP contribution in [0.4, 0.5) is 9.52 Å². The van der Waals surface area contributed by atoms with Gasteiger partial charge in [-0.3, -0.25) is 10.1 Å². The summed E-state index contributed by atoms with van der Waals surface area (Å²) in [6, 6.07) is 13.7. The largest absolute Gasteiger partial charge is 0.296 e. The van der Waals surface area contributed by atoms with Crippen LogP contribution in [0.3, 0.4) is 0 Å². The lowest BCUT2D eigenvalue weighted by atomic mass is 10.2. The zero-order valence-corrected chi connectivity index (χ0v) is 14.0. The number of aryl methyl sites for hydroxylation is 1. The number of benzene rings is 2. The van der Waals surface area contributed by atoms with E-state index in [0.29, 0.717) is 5.13 Å². The van der Waals surface area contributed by atoms with Gasteiger partial charge < -0.3 is 0 Å². The number of halogens is 1. The van der Waals surface area contributed by atoms with Gasteiger partial charge in [0.2, 0.25) is 0 Å². The van der Waals surface area contributed by atoms with Crippen molar-refractivity contribution in [1.29, 1.82) is 0 Å². The maximum atomic E-state index is 13.8. The molecule has 0 unspecified atom stereocenters. The summed E-state index contributed by atoms with van der Waals surface area (Å²) in [6.45, 7) is 2.01. The second-order valence-electron chi connectivity index (χ2n) is 5.54. The van der Waals surface area contributed by atoms with Crippen LogP contribution < -0.4 is 5.32 Å². The van der Waals surface area contributed by atoms with Gasteiger partial charge in [-0.15, -0.1) is 0 Å². The van der Waals surface area contributed by atoms with E-state index in [0.717, 1.165) is 15.8 Å². The zero-order valence-electron chi connectivity index (χ0n) is 13.2. The van der Waals surface area contributed by atoms with Crippen LogP contribution in [0.2, 0.25) is 0 Å². The predicted molar refractivity (Wildman–Crippen MR) is 95.8 cm³/mol. The first-order chi connectivity index (χ1) is 12.1. The molecule has 5 nitrogen and oxygen atoms in total. The summed E-state index contributed by atoms with van der Waals surface area (Å²) in [6.07, 6.45) is 1.55. The quantitative estimate of drug-likeness (QED) is 0.602. The summed E-state index contributed by atoms with van der Waals surface area (Å²) in [4.78, 5) is 16.8. The number of carbonyl (C=O) groups excluding carboxylic acids is 1. The lowest BCUT2D eigenvalue weighted by Crippen LogP contribution is -2.13. The fourth-order valence-corrected chi connectivity index (χ4v) is 3.42. The monoisotopic (exact) mass is 352 g/mol. The molecule has 25 heavy (non-hydrogen) atoms. The molecule has 4 rings (SSSR count). The van der Waals surface area contributed by atoms with Crippen molar-refractivity contribution >= 4 is 32.6 Å². The molecule has 0 aliphatic heterocycles. The summed E-state index contributed by atoms with van der Waals surface area (Å²) >= 11 is 1.40. The highest BCUT2D eigenvalue weighted by Gasteiger charge is 2.14. The van der Waals surface area contributed by atoms with Crippen molar-refractivity contribution in [1.82, 2.24) is 14.8 Å². The van der Waals surface area contributed by atoms with Crippen LogP contribution in [-0.2, 0) is 0 Å². The molecular formula is C18H13FN4OS. The van der Waals surface area contributed by atoms with E-state index in [2.05, 4.69) is 15.4 Å². The Balaban J connectivity index is 1.58. The van der Waals surface area contributed by atoms with E-state index in [9.17, 15) is 9.18 Å². The van der Waals surface area contributed by atoms with E-state index >= 15 is 0 Å². The second-order valence-corrected chi connectivity index (χ2v) is 6.57. The number of hydrogen-bond donors (Lipinski definition) is 1. The molecule has 0 aliphatic carbocycles. The van der Waals surface area contributed by atoms with Gasteiger partial charge in [-0.2, -0.15) is 5.10 Å². The SMILES string of the molecule is Cc1ccc2nc(NC(=O)c3ccn(-c4ccccc4F)n3)sc2c1. The van der Waals surface area contributed by atoms with Crippen LogP contribution >= 0.6 is 11.3 Å². The molecule has 0 spiro atoms. The van der Waals surface area contributed by atoms with E-state index in [-0.39, 0.29) is 17.3 Å². The van der Waals surface area contributed by atoms with Crippen molar-refractivity contribution in [2.75, 3.05) is 5.32 Å². The number of rotatable bonds is 3. The Morgan fingerprint density at radius 3 is 2.88 bits per heavy atom. The summed E-state index contributed by atoms with van der Waals surface area (Å²) in [5.41, 5.74) is 2.45. The average Bonchev–Trinajstić information content (AvgIpc) is 3.21. The molecule has 0 saturated carbocycles. The van der Waals surface area contributed by atoms with Crippen molar-refractivity contribution in [3.8, 4) is 5.69 Å². The second kappa shape index (κ2) is 6.10. The van der Waals surface area contributed by atoms with Gasteiger partial charge >= 0.3 is 0 Å². The average molecular weight is 352 g/mol. The smallest absolute Gasteiger partial charge is 0.277 e. The molecule has 0 atom stereocenters. The molecule has 0 saturated heterocycles. The Labute approximate surface area is 146 Å². The minimum atomic E-state index is -0.404. The predicted octanol–water partition coefficient (Wildman–Crippen LogP) is 4.18. The number of amides is 1. The lowest BCUT2D eigenvalue weighted by molar-refractivity contribution is 0.102. The molecule has 0 bridgehead atoms. The number of aromatic nitrogens is 3. The summed E-state index contributed by atoms with van der Waals surface area (Å²) in [5, 5.41) is 7.40. The molecule has 124 valence electrons. The minimum Gasteiger partial charge on any atom is -0.296 e. The van der Waals surface area contributed by atoms with Crippen molar-refractivity contribution in [3.63, 3.8) is 0 Å². The van der Waals surface area contributed by atoms with Crippen molar-refractivity contribution in [3.05, 3.63) is 71.8 Å². The first kappa shape index (κ1) is 15.5. The molecule has 2 aromatic heterocycles. The van der Waals surface area contributed by atoms with Crippen molar-refractivity contribution in [2.24, 2.45) is 0 Å². The standard InChI is InChI=1S/C18H13FN4OS/c1-11-6-7-13-16(10-11)25-18(20-13)21-17(24)14-8-9-23(22-14)15-5-3-2-4-12(15)19/h2-10H,1H3,(H,20,21,24). The van der Waals surface area contributed by atoms with Gasteiger partial charge in [0.15, 0.2) is 10.8 Å². The van der Waals surface area contributed by atoms with Crippen LogP contribution in [0.1, 0.15) is 16.1 Å². The topological polar surface area (TPSA) is 59.8 Å². The third kappa shape index (κ3) is 3.01. The summed E-state index contributed by atoms with van der Waals surface area (Å²) in [7, 11) is 0. The van der Waals surface area contributed by atoms with E-state index in [4.69, 9.17) is 0 Å². The van der Waals surface area contributed by atoms with Crippen molar-refractivity contribution in [2.45, 2.75) is 6.92 Å². The number of carbonyl (C=O) groups is 1. The molecular weight excluding hydrogens is 339 g/mol. The minimum absolute atomic E-state index is 0.193. The van der Waals surface area contributed by atoms with Crippen LogP contribution in [0, 0.1) is 12.7 Å². The number of anilines is 1. The van der Waals surface area contributed by atoms with E-state index < -0.39 is 5.82 Å². The molecule has 2 aromatic carbocycles. The number of nitrogens with one attached hydrogen (secondary N) is 1. The molecule has 7 heteroatoms. The molecule has 4 aromatic rings. The molecule has 0 aliphatic rings. The maximum absolute atomic E-state index is 13.8. The Hall–Kier alpha value is -3.06. The highest BCUT2D eigenvalue weighted by Crippen LogP contribution is 2.27. The zero-order chi connectivity index (χ0) is 17.4. The van der Waals surface area contributed by atoms with Gasteiger partial charge in [-0.1, -0.05) is 29.5 Å². The molecule has 0 fully saturated rings. The van der Waals surface area contributed by atoms with Crippen LogP contribution in [-0.4, -0.2) is 20.7 Å². The number of nitrogens with zero attached hydrogens (tertiary/aromatic N) is 3. The van der Waals surface area contributed by atoms with Gasteiger partial charge in [0.1, 0.15) is 11.5 Å². The number of hydrogen-bond acceptors (Lipinski definition) is 4. The summed E-state index contributed by atoms with van der Waals surface area (Å²) < 4.78 is 16.2. The Morgan fingerprint density at radius 1 is 1.20 bits per heavy atom. The van der Waals surface area contributed by atoms with Crippen molar-refractivity contribution < 1.29 is 9.18 Å². The third-order valence-electron chi connectivity index (χ3n) is 3.69. The number of fused-ring (bicyclic) bond motifs is 1. The Bertz CT molecular complexity index is 1090. The van der Waals surface area contributed by atoms with Crippen LogP contribution in [0.15, 0.2) is 54.7 Å². The highest BCUT2D eigenvalue weighted by molar-refractivity contribution is 7.22. The fraction of sp³-hybridized carbons (Fsp3) is 0.0556.